The summed E-state index contributed by atoms with van der Waals surface area (Å²) in [7, 11) is 1.39. The zero-order chi connectivity index (χ0) is 13.0. The van der Waals surface area contributed by atoms with Crippen LogP contribution >= 0.6 is 0 Å². The number of ether oxygens (including phenoxy) is 1. The Hall–Kier alpha value is -1.26. The molecule has 1 rings (SSSR count). The number of methoxy groups -OCH3 is 1. The second kappa shape index (κ2) is 5.89. The molecular weight excluding hydrogens is 220 g/mol. The maximum Gasteiger partial charge on any atom is 0.320 e. The largest absolute Gasteiger partial charge is 0.469 e. The lowest BCUT2D eigenvalue weighted by Gasteiger charge is -2.25. The number of carbonyl (C=O) groups excluding carboxylic acids is 2. The van der Waals surface area contributed by atoms with Crippen LogP contribution in [0, 0.1) is 11.8 Å². The fourth-order valence-electron chi connectivity index (χ4n) is 2.28. The van der Waals surface area contributed by atoms with Crippen LogP contribution in [0.15, 0.2) is 0 Å². The molecule has 0 radical (unpaired) electrons. The molecule has 1 heterocycles. The van der Waals surface area contributed by atoms with Crippen molar-refractivity contribution in [3.8, 4) is 0 Å². The van der Waals surface area contributed by atoms with Gasteiger partial charge in [-0.1, -0.05) is 6.92 Å². The predicted octanol–water partition coefficient (Wildman–Crippen LogP) is 1.19. The van der Waals surface area contributed by atoms with Gasteiger partial charge in [0.25, 0.3) is 0 Å². The van der Waals surface area contributed by atoms with Crippen molar-refractivity contribution in [2.45, 2.75) is 20.8 Å². The summed E-state index contributed by atoms with van der Waals surface area (Å²) in [6.45, 7) is 8.40. The van der Waals surface area contributed by atoms with E-state index in [0.717, 1.165) is 0 Å². The summed E-state index contributed by atoms with van der Waals surface area (Å²) < 4.78 is 4.76. The third kappa shape index (κ3) is 2.90. The molecule has 1 fully saturated rings. The molecule has 0 bridgehead atoms. The van der Waals surface area contributed by atoms with Gasteiger partial charge >= 0.3 is 12.0 Å². The Morgan fingerprint density at radius 1 is 1.29 bits per heavy atom. The molecule has 0 aromatic rings. The van der Waals surface area contributed by atoms with Crippen LogP contribution in [-0.4, -0.2) is 55.1 Å². The maximum absolute atomic E-state index is 12.1. The highest BCUT2D eigenvalue weighted by Gasteiger charge is 2.38. The van der Waals surface area contributed by atoms with Crippen molar-refractivity contribution in [2.75, 3.05) is 33.3 Å². The van der Waals surface area contributed by atoms with E-state index in [2.05, 4.69) is 0 Å². The minimum Gasteiger partial charge on any atom is -0.469 e. The SMILES string of the molecule is CCN(CC)C(=O)N1CC(C)C(C(=O)OC)C1. The zero-order valence-corrected chi connectivity index (χ0v) is 11.1. The summed E-state index contributed by atoms with van der Waals surface area (Å²) in [6.07, 6.45) is 0. The van der Waals surface area contributed by atoms with Crippen LogP contribution in [0.25, 0.3) is 0 Å². The normalized spacial score (nSPS) is 23.6. The van der Waals surface area contributed by atoms with Gasteiger partial charge in [0, 0.05) is 26.2 Å². The topological polar surface area (TPSA) is 49.9 Å². The van der Waals surface area contributed by atoms with Crippen molar-refractivity contribution in [1.29, 1.82) is 0 Å². The van der Waals surface area contributed by atoms with Crippen molar-refractivity contribution in [1.82, 2.24) is 9.80 Å². The summed E-state index contributed by atoms with van der Waals surface area (Å²) in [5.74, 6) is -0.228. The molecule has 0 saturated carbocycles. The smallest absolute Gasteiger partial charge is 0.320 e. The Labute approximate surface area is 103 Å². The molecule has 2 unspecified atom stereocenters. The van der Waals surface area contributed by atoms with Gasteiger partial charge in [-0.15, -0.1) is 0 Å². The quantitative estimate of drug-likeness (QED) is 0.698. The Kier molecular flexibility index (Phi) is 4.78. The van der Waals surface area contributed by atoms with E-state index in [9.17, 15) is 9.59 Å². The zero-order valence-electron chi connectivity index (χ0n) is 11.1. The molecule has 0 aliphatic carbocycles. The molecule has 0 N–H and O–H groups in total. The molecule has 2 amide bonds. The number of nitrogens with zero attached hydrogens (tertiary/aromatic N) is 2. The maximum atomic E-state index is 12.1. The van der Waals surface area contributed by atoms with E-state index < -0.39 is 0 Å². The molecule has 0 aromatic heterocycles. The van der Waals surface area contributed by atoms with E-state index in [0.29, 0.717) is 26.2 Å². The summed E-state index contributed by atoms with van der Waals surface area (Å²) in [6, 6.07) is 0.0215. The molecule has 17 heavy (non-hydrogen) atoms. The fourth-order valence-corrected chi connectivity index (χ4v) is 2.28. The fraction of sp³-hybridized carbons (Fsp3) is 0.833. The highest BCUT2D eigenvalue weighted by Crippen LogP contribution is 2.24. The first-order valence-corrected chi connectivity index (χ1v) is 6.16. The Morgan fingerprint density at radius 2 is 1.88 bits per heavy atom. The van der Waals surface area contributed by atoms with Gasteiger partial charge in [0.2, 0.25) is 0 Å². The summed E-state index contributed by atoms with van der Waals surface area (Å²) in [5, 5.41) is 0. The van der Waals surface area contributed by atoms with Crippen LogP contribution in [0.2, 0.25) is 0 Å². The van der Waals surface area contributed by atoms with Gasteiger partial charge in [0.1, 0.15) is 0 Å². The van der Waals surface area contributed by atoms with Gasteiger partial charge in [0.15, 0.2) is 0 Å². The number of hydrogen-bond acceptors (Lipinski definition) is 3. The Balaban J connectivity index is 2.65. The first kappa shape index (κ1) is 13.8. The van der Waals surface area contributed by atoms with Crippen molar-refractivity contribution in [3.63, 3.8) is 0 Å². The average Bonchev–Trinajstić information content (AvgIpc) is 2.71. The summed E-state index contributed by atoms with van der Waals surface area (Å²) >= 11 is 0. The lowest BCUT2D eigenvalue weighted by molar-refractivity contribution is -0.146. The number of likely N-dealkylation sites (tertiary alicyclic amines) is 1. The number of carbonyl (C=O) groups is 2. The molecule has 1 aliphatic rings. The molecule has 1 saturated heterocycles. The highest BCUT2D eigenvalue weighted by atomic mass is 16.5. The first-order valence-electron chi connectivity index (χ1n) is 6.16. The van der Waals surface area contributed by atoms with Crippen LogP contribution < -0.4 is 0 Å². The molecule has 0 spiro atoms. The monoisotopic (exact) mass is 242 g/mol. The van der Waals surface area contributed by atoms with Crippen LogP contribution in [0.3, 0.4) is 0 Å². The van der Waals surface area contributed by atoms with Gasteiger partial charge in [0.05, 0.1) is 13.0 Å². The Morgan fingerprint density at radius 3 is 2.35 bits per heavy atom. The van der Waals surface area contributed by atoms with Crippen LogP contribution in [0.4, 0.5) is 4.79 Å². The van der Waals surface area contributed by atoms with Crippen LogP contribution in [0.1, 0.15) is 20.8 Å². The second-order valence-electron chi connectivity index (χ2n) is 4.47. The van der Waals surface area contributed by atoms with Crippen molar-refractivity contribution < 1.29 is 14.3 Å². The number of hydrogen-bond donors (Lipinski definition) is 0. The lowest BCUT2D eigenvalue weighted by atomic mass is 9.99. The molecule has 2 atom stereocenters. The van der Waals surface area contributed by atoms with Gasteiger partial charge < -0.3 is 14.5 Å². The second-order valence-corrected chi connectivity index (χ2v) is 4.47. The van der Waals surface area contributed by atoms with E-state index in [4.69, 9.17) is 4.74 Å². The van der Waals surface area contributed by atoms with Gasteiger partial charge in [-0.05, 0) is 19.8 Å². The minimum absolute atomic E-state index is 0.0215. The van der Waals surface area contributed by atoms with E-state index in [1.165, 1.54) is 7.11 Å². The minimum atomic E-state index is -0.215. The lowest BCUT2D eigenvalue weighted by Crippen LogP contribution is -2.42. The van der Waals surface area contributed by atoms with Crippen molar-refractivity contribution in [3.05, 3.63) is 0 Å². The number of rotatable bonds is 3. The third-order valence-electron chi connectivity index (χ3n) is 3.42. The third-order valence-corrected chi connectivity index (χ3v) is 3.42. The number of urea groups is 1. The van der Waals surface area contributed by atoms with Crippen molar-refractivity contribution >= 4 is 12.0 Å². The van der Waals surface area contributed by atoms with Gasteiger partial charge in [-0.2, -0.15) is 0 Å². The van der Waals surface area contributed by atoms with Gasteiger partial charge in [-0.3, -0.25) is 4.79 Å². The highest BCUT2D eigenvalue weighted by molar-refractivity contribution is 5.78. The molecule has 0 aromatic carbocycles. The van der Waals surface area contributed by atoms with Crippen molar-refractivity contribution in [2.24, 2.45) is 11.8 Å². The van der Waals surface area contributed by atoms with E-state index >= 15 is 0 Å². The van der Waals surface area contributed by atoms with E-state index in [1.54, 1.807) is 9.80 Å². The first-order chi connectivity index (χ1) is 8.04. The molecular formula is C12H22N2O3. The number of amides is 2. The molecule has 5 nitrogen and oxygen atoms in total. The van der Waals surface area contributed by atoms with Crippen LogP contribution in [-0.2, 0) is 9.53 Å². The van der Waals surface area contributed by atoms with E-state index in [-0.39, 0.29) is 23.8 Å². The summed E-state index contributed by atoms with van der Waals surface area (Å²) in [5.41, 5.74) is 0. The predicted molar refractivity (Wildman–Crippen MR) is 64.6 cm³/mol. The molecule has 1 aliphatic heterocycles. The molecule has 98 valence electrons. The summed E-state index contributed by atoms with van der Waals surface area (Å²) in [4.78, 5) is 27.2. The Bertz CT molecular complexity index is 289. The van der Waals surface area contributed by atoms with Crippen LogP contribution in [0.5, 0.6) is 0 Å². The average molecular weight is 242 g/mol. The standard InChI is InChI=1S/C12H22N2O3/c1-5-13(6-2)12(16)14-7-9(3)10(8-14)11(15)17-4/h9-10H,5-8H2,1-4H3. The van der Waals surface area contributed by atoms with E-state index in [1.807, 2.05) is 20.8 Å². The number of esters is 1. The molecule has 5 heteroatoms. The van der Waals surface area contributed by atoms with Gasteiger partial charge in [-0.25, -0.2) is 4.79 Å².